The minimum absolute atomic E-state index is 0. The van der Waals surface area contributed by atoms with Crippen LogP contribution in [0.2, 0.25) is 0 Å². The van der Waals surface area contributed by atoms with Gasteiger partial charge in [0.2, 0.25) is 5.91 Å². The van der Waals surface area contributed by atoms with E-state index in [-0.39, 0.29) is 48.4 Å². The normalized spacial score (nSPS) is 16.6. The maximum absolute atomic E-state index is 14.7. The highest BCUT2D eigenvalue weighted by Crippen LogP contribution is 2.39. The fourth-order valence-electron chi connectivity index (χ4n) is 5.72. The van der Waals surface area contributed by atoms with Crippen LogP contribution in [0.25, 0.3) is 10.8 Å². The summed E-state index contributed by atoms with van der Waals surface area (Å²) in [6, 6.07) is 21.7. The number of carbonyl (C=O) groups excluding carboxylic acids is 4. The number of methoxy groups -OCH3 is 1. The van der Waals surface area contributed by atoms with Crippen molar-refractivity contribution in [2.75, 3.05) is 16.9 Å². The first-order valence-corrected chi connectivity index (χ1v) is 15.8. The largest absolute Gasteiger partial charge is 0.496 e. The predicted molar refractivity (Wildman–Crippen MR) is 187 cm³/mol. The van der Waals surface area contributed by atoms with Gasteiger partial charge in [0.05, 0.1) is 31.1 Å². The van der Waals surface area contributed by atoms with Crippen LogP contribution in [0.15, 0.2) is 83.3 Å². The van der Waals surface area contributed by atoms with E-state index in [4.69, 9.17) is 4.74 Å². The number of anilines is 2. The zero-order valence-electron chi connectivity index (χ0n) is 26.4. The summed E-state index contributed by atoms with van der Waals surface area (Å²) in [6.45, 7) is 7.11. The van der Waals surface area contributed by atoms with Crippen LogP contribution < -0.4 is 19.9 Å². The van der Waals surface area contributed by atoms with Gasteiger partial charge in [-0.15, -0.1) is 12.4 Å². The summed E-state index contributed by atoms with van der Waals surface area (Å²) in [4.78, 5) is 57.4. The van der Waals surface area contributed by atoms with E-state index in [1.54, 1.807) is 48.1 Å². The van der Waals surface area contributed by atoms with E-state index in [0.717, 1.165) is 20.8 Å². The highest BCUT2D eigenvalue weighted by atomic mass is 79.9. The molecule has 0 unspecified atom stereocenters. The molecule has 1 heterocycles. The molecular weight excluding hydrogens is 670 g/mol. The Hall–Kier alpha value is -4.21. The van der Waals surface area contributed by atoms with E-state index in [9.17, 15) is 19.2 Å². The molecular formula is C36H37BrClN3O5. The van der Waals surface area contributed by atoms with Crippen molar-refractivity contribution >= 4 is 74.0 Å². The number of ketones is 1. The molecule has 4 aromatic rings. The Morgan fingerprint density at radius 3 is 2.24 bits per heavy atom. The second-order valence-electron chi connectivity index (χ2n) is 11.4. The Balaban J connectivity index is 0.00000480. The highest BCUT2D eigenvalue weighted by Gasteiger charge is 2.43. The Kier molecular flexibility index (Phi) is 10.9. The first-order chi connectivity index (χ1) is 21.5. The number of para-hydroxylation sites is 2. The number of hydrogen-bond acceptors (Lipinski definition) is 5. The molecule has 1 aliphatic heterocycles. The first-order valence-electron chi connectivity index (χ1n) is 15.0. The van der Waals surface area contributed by atoms with Crippen LogP contribution in [0, 0.1) is 5.92 Å². The molecule has 1 N–H and O–H groups in total. The molecule has 0 bridgehead atoms. The molecule has 8 nitrogen and oxygen atoms in total. The predicted octanol–water partition coefficient (Wildman–Crippen LogP) is 7.35. The van der Waals surface area contributed by atoms with E-state index in [1.807, 2.05) is 68.4 Å². The molecule has 0 saturated heterocycles. The van der Waals surface area contributed by atoms with Gasteiger partial charge in [-0.3, -0.25) is 19.2 Å². The lowest BCUT2D eigenvalue weighted by atomic mass is 10.0. The van der Waals surface area contributed by atoms with Gasteiger partial charge in [-0.1, -0.05) is 66.2 Å². The van der Waals surface area contributed by atoms with E-state index >= 15 is 0 Å². The van der Waals surface area contributed by atoms with Gasteiger partial charge in [-0.25, -0.2) is 0 Å². The van der Waals surface area contributed by atoms with Gasteiger partial charge in [-0.05, 0) is 73.5 Å². The van der Waals surface area contributed by atoms with Crippen molar-refractivity contribution in [2.45, 2.75) is 52.7 Å². The number of Topliss-reactive ketones (excluding diaryl/α,β-unsaturated/α-hetero) is 1. The second-order valence-corrected chi connectivity index (χ2v) is 12.3. The average molecular weight is 707 g/mol. The minimum Gasteiger partial charge on any atom is -0.496 e. The number of benzene rings is 4. The first kappa shape index (κ1) is 34.7. The number of carbonyl (C=O) groups is 4. The average Bonchev–Trinajstić information content (AvgIpc) is 3.12. The molecule has 46 heavy (non-hydrogen) atoms. The fraction of sp³-hybridized carbons (Fsp3) is 0.278. The number of hydrogen-bond donors (Lipinski definition) is 1. The number of halogens is 2. The topological polar surface area (TPSA) is 96.0 Å². The molecule has 0 radical (unpaired) electrons. The van der Waals surface area contributed by atoms with Crippen molar-refractivity contribution in [3.8, 4) is 5.75 Å². The van der Waals surface area contributed by atoms with E-state index in [1.165, 1.54) is 6.92 Å². The van der Waals surface area contributed by atoms with E-state index in [0.29, 0.717) is 34.7 Å². The summed E-state index contributed by atoms with van der Waals surface area (Å²) < 4.78 is 6.70. The molecule has 240 valence electrons. The lowest BCUT2D eigenvalue weighted by Gasteiger charge is -2.32. The van der Waals surface area contributed by atoms with Gasteiger partial charge < -0.3 is 19.9 Å². The monoisotopic (exact) mass is 705 g/mol. The summed E-state index contributed by atoms with van der Waals surface area (Å²) in [6.07, 6.45) is 0.596. The van der Waals surface area contributed by atoms with Crippen molar-refractivity contribution in [3.05, 3.63) is 100 Å². The molecule has 4 aromatic carbocycles. The van der Waals surface area contributed by atoms with Crippen molar-refractivity contribution < 1.29 is 23.9 Å². The summed E-state index contributed by atoms with van der Waals surface area (Å²) in [7, 11) is 1.59. The SMILES string of the molecule is CC[C@@H](C)C(=O)N[C@@H]1C(=O)N(Cc2c(OC)ccc3cc(Br)ccc23)c2ccccc2N(C(=O)c2ccc(C(C)=O)cc2)[C@H]1C.Cl. The molecule has 0 aliphatic carbocycles. The lowest BCUT2D eigenvalue weighted by molar-refractivity contribution is -0.130. The number of fused-ring (bicyclic) bond motifs is 2. The molecule has 5 rings (SSSR count). The molecule has 1 aliphatic rings. The van der Waals surface area contributed by atoms with Gasteiger partial charge in [0.1, 0.15) is 11.8 Å². The smallest absolute Gasteiger partial charge is 0.258 e. The number of amides is 3. The standard InChI is InChI=1S/C36H36BrN3O5.ClH/c1-6-21(2)34(42)38-33-22(3)40(35(43)25-13-11-24(12-14-25)23(4)41)31-10-8-7-9-30(31)39(36(33)44)20-29-28-17-16-27(37)19-26(28)15-18-32(29)45-5;/h7-19,21-22,33H,6,20H2,1-5H3,(H,38,42);1H/t21-,22+,33+;/m1./s1. The van der Waals surface area contributed by atoms with Gasteiger partial charge in [0.25, 0.3) is 11.8 Å². The lowest BCUT2D eigenvalue weighted by Crippen LogP contribution is -2.58. The quantitative estimate of drug-likeness (QED) is 0.194. The molecule has 3 atom stereocenters. The molecule has 0 saturated carbocycles. The maximum atomic E-state index is 14.7. The van der Waals surface area contributed by atoms with Crippen LogP contribution in [0.5, 0.6) is 5.75 Å². The summed E-state index contributed by atoms with van der Waals surface area (Å²) in [5.41, 5.74) is 2.70. The molecule has 0 fully saturated rings. The van der Waals surface area contributed by atoms with E-state index < -0.39 is 12.1 Å². The third kappa shape index (κ3) is 6.66. The number of nitrogens with zero attached hydrogens (tertiary/aromatic N) is 2. The Morgan fingerprint density at radius 2 is 1.61 bits per heavy atom. The second kappa shape index (κ2) is 14.5. The molecule has 0 spiro atoms. The third-order valence-electron chi connectivity index (χ3n) is 8.56. The van der Waals surface area contributed by atoms with Gasteiger partial charge in [-0.2, -0.15) is 0 Å². The van der Waals surface area contributed by atoms with Crippen LogP contribution >= 0.6 is 28.3 Å². The third-order valence-corrected chi connectivity index (χ3v) is 9.05. The van der Waals surface area contributed by atoms with Crippen LogP contribution in [0.4, 0.5) is 11.4 Å². The van der Waals surface area contributed by atoms with Crippen LogP contribution in [-0.2, 0) is 16.1 Å². The summed E-state index contributed by atoms with van der Waals surface area (Å²) in [5, 5.41) is 4.87. The van der Waals surface area contributed by atoms with Crippen LogP contribution in [0.3, 0.4) is 0 Å². The molecule has 0 aromatic heterocycles. The highest BCUT2D eigenvalue weighted by molar-refractivity contribution is 9.10. The summed E-state index contributed by atoms with van der Waals surface area (Å²) >= 11 is 3.55. The summed E-state index contributed by atoms with van der Waals surface area (Å²) in [5.74, 6) is -0.776. The maximum Gasteiger partial charge on any atom is 0.258 e. The molecule has 3 amide bonds. The van der Waals surface area contributed by atoms with E-state index in [2.05, 4.69) is 21.2 Å². The van der Waals surface area contributed by atoms with Crippen molar-refractivity contribution in [3.63, 3.8) is 0 Å². The van der Waals surface area contributed by atoms with Gasteiger partial charge in [0, 0.05) is 27.1 Å². The Morgan fingerprint density at radius 1 is 0.957 bits per heavy atom. The molecule has 10 heteroatoms. The van der Waals surface area contributed by atoms with Crippen molar-refractivity contribution in [1.82, 2.24) is 5.32 Å². The van der Waals surface area contributed by atoms with Crippen LogP contribution in [0.1, 0.15) is 60.4 Å². The fourth-order valence-corrected chi connectivity index (χ4v) is 6.10. The number of nitrogens with one attached hydrogen (secondary N) is 1. The van der Waals surface area contributed by atoms with Crippen molar-refractivity contribution in [2.24, 2.45) is 5.92 Å². The van der Waals surface area contributed by atoms with Crippen LogP contribution in [-0.4, -0.2) is 42.7 Å². The minimum atomic E-state index is -1.05. The van der Waals surface area contributed by atoms with Crippen molar-refractivity contribution in [1.29, 1.82) is 0 Å². The Labute approximate surface area is 283 Å². The van der Waals surface area contributed by atoms with Gasteiger partial charge in [0.15, 0.2) is 5.78 Å². The zero-order valence-corrected chi connectivity index (χ0v) is 28.8. The number of rotatable bonds is 8. The zero-order chi connectivity index (χ0) is 32.4. The van der Waals surface area contributed by atoms with Gasteiger partial charge >= 0.3 is 0 Å². The Bertz CT molecular complexity index is 1790. The number of ether oxygens (including phenoxy) is 1.